The standard InChI is InChI=1S/C20H29N5O2/c26-19(24-10-2-1-3-11-24)16-6-12-25(13-7-16)20(27)18-14-17(22-23-18)15-4-8-21-9-5-15/h4-5,8-9,16-18,22-23H,1-3,6-7,10-14H2. The predicted octanol–water partition coefficient (Wildman–Crippen LogP) is 1.24. The number of rotatable bonds is 3. The summed E-state index contributed by atoms with van der Waals surface area (Å²) < 4.78 is 0. The van der Waals surface area contributed by atoms with Crippen molar-refractivity contribution in [2.45, 2.75) is 50.6 Å². The molecule has 7 nitrogen and oxygen atoms in total. The Kier molecular flexibility index (Phi) is 5.69. The molecule has 2 N–H and O–H groups in total. The van der Waals surface area contributed by atoms with Gasteiger partial charge in [-0.05, 0) is 56.2 Å². The van der Waals surface area contributed by atoms with E-state index >= 15 is 0 Å². The highest BCUT2D eigenvalue weighted by molar-refractivity contribution is 5.83. The van der Waals surface area contributed by atoms with Crippen molar-refractivity contribution in [2.24, 2.45) is 5.92 Å². The van der Waals surface area contributed by atoms with Crippen LogP contribution in [0, 0.1) is 5.92 Å². The molecule has 3 aliphatic rings. The van der Waals surface area contributed by atoms with Gasteiger partial charge in [-0.2, -0.15) is 0 Å². The van der Waals surface area contributed by atoms with Crippen molar-refractivity contribution in [2.75, 3.05) is 26.2 Å². The Morgan fingerprint density at radius 1 is 0.889 bits per heavy atom. The van der Waals surface area contributed by atoms with Gasteiger partial charge in [0.1, 0.15) is 6.04 Å². The number of nitrogens with one attached hydrogen (secondary N) is 2. The van der Waals surface area contributed by atoms with Crippen LogP contribution in [0.1, 0.15) is 50.1 Å². The first-order chi connectivity index (χ1) is 13.2. The van der Waals surface area contributed by atoms with Gasteiger partial charge in [0.15, 0.2) is 0 Å². The lowest BCUT2D eigenvalue weighted by atomic mass is 9.93. The zero-order chi connectivity index (χ0) is 18.6. The molecule has 3 saturated heterocycles. The van der Waals surface area contributed by atoms with Gasteiger partial charge in [0, 0.05) is 50.5 Å². The highest BCUT2D eigenvalue weighted by Crippen LogP contribution is 2.25. The number of amides is 2. The van der Waals surface area contributed by atoms with Gasteiger partial charge in [0.2, 0.25) is 11.8 Å². The normalized spacial score (nSPS) is 27.0. The summed E-state index contributed by atoms with van der Waals surface area (Å²) in [4.78, 5) is 33.6. The summed E-state index contributed by atoms with van der Waals surface area (Å²) in [7, 11) is 0. The third kappa shape index (κ3) is 4.14. The Morgan fingerprint density at radius 2 is 1.56 bits per heavy atom. The number of pyridine rings is 1. The van der Waals surface area contributed by atoms with E-state index in [0.717, 1.165) is 50.8 Å². The number of hydrogen-bond acceptors (Lipinski definition) is 5. The van der Waals surface area contributed by atoms with Gasteiger partial charge < -0.3 is 9.80 Å². The molecule has 7 heteroatoms. The molecule has 146 valence electrons. The van der Waals surface area contributed by atoms with Crippen molar-refractivity contribution in [3.63, 3.8) is 0 Å². The van der Waals surface area contributed by atoms with Crippen LogP contribution < -0.4 is 10.9 Å². The minimum Gasteiger partial charge on any atom is -0.342 e. The second-order valence-electron chi connectivity index (χ2n) is 7.90. The third-order valence-electron chi connectivity index (χ3n) is 6.13. The average molecular weight is 371 g/mol. The minimum absolute atomic E-state index is 0.0892. The maximum Gasteiger partial charge on any atom is 0.241 e. The van der Waals surface area contributed by atoms with E-state index in [1.165, 1.54) is 6.42 Å². The van der Waals surface area contributed by atoms with E-state index in [0.29, 0.717) is 19.0 Å². The fraction of sp³-hybridized carbons (Fsp3) is 0.650. The zero-order valence-electron chi connectivity index (χ0n) is 15.8. The highest BCUT2D eigenvalue weighted by Gasteiger charge is 2.36. The Bertz CT molecular complexity index is 654. The number of aromatic nitrogens is 1. The van der Waals surface area contributed by atoms with E-state index in [1.807, 2.05) is 21.9 Å². The van der Waals surface area contributed by atoms with Crippen LogP contribution in [0.15, 0.2) is 24.5 Å². The fourth-order valence-electron chi connectivity index (χ4n) is 4.47. The molecule has 4 rings (SSSR count). The van der Waals surface area contributed by atoms with Crippen LogP contribution in [-0.2, 0) is 9.59 Å². The lowest BCUT2D eigenvalue weighted by Gasteiger charge is -2.36. The summed E-state index contributed by atoms with van der Waals surface area (Å²) in [5, 5.41) is 0. The smallest absolute Gasteiger partial charge is 0.241 e. The second-order valence-corrected chi connectivity index (χ2v) is 7.90. The van der Waals surface area contributed by atoms with Crippen LogP contribution in [0.3, 0.4) is 0 Å². The molecule has 3 aliphatic heterocycles. The third-order valence-corrected chi connectivity index (χ3v) is 6.13. The van der Waals surface area contributed by atoms with Crippen LogP contribution in [0.2, 0.25) is 0 Å². The van der Waals surface area contributed by atoms with Crippen LogP contribution in [0.4, 0.5) is 0 Å². The molecule has 0 aliphatic carbocycles. The molecule has 27 heavy (non-hydrogen) atoms. The first-order valence-electron chi connectivity index (χ1n) is 10.2. The summed E-state index contributed by atoms with van der Waals surface area (Å²) in [6, 6.07) is 3.87. The molecule has 2 unspecified atom stereocenters. The number of hydrogen-bond donors (Lipinski definition) is 2. The van der Waals surface area contributed by atoms with E-state index in [1.54, 1.807) is 12.4 Å². The number of hydrazine groups is 1. The lowest BCUT2D eigenvalue weighted by molar-refractivity contribution is -0.142. The average Bonchev–Trinajstić information content (AvgIpc) is 3.24. The number of piperidine rings is 2. The van der Waals surface area contributed by atoms with Crippen molar-refractivity contribution >= 4 is 11.8 Å². The molecule has 0 bridgehead atoms. The highest BCUT2D eigenvalue weighted by atomic mass is 16.2. The van der Waals surface area contributed by atoms with E-state index in [9.17, 15) is 9.59 Å². The first kappa shape index (κ1) is 18.4. The summed E-state index contributed by atoms with van der Waals surface area (Å²) >= 11 is 0. The topological polar surface area (TPSA) is 77.6 Å². The maximum absolute atomic E-state index is 12.9. The number of nitrogens with zero attached hydrogens (tertiary/aromatic N) is 3. The van der Waals surface area contributed by atoms with E-state index < -0.39 is 0 Å². The van der Waals surface area contributed by atoms with Crippen molar-refractivity contribution in [3.05, 3.63) is 30.1 Å². The van der Waals surface area contributed by atoms with Gasteiger partial charge >= 0.3 is 0 Å². The summed E-state index contributed by atoms with van der Waals surface area (Å²) in [6.45, 7) is 3.18. The molecular formula is C20H29N5O2. The van der Waals surface area contributed by atoms with Gasteiger partial charge in [-0.3, -0.25) is 14.6 Å². The largest absolute Gasteiger partial charge is 0.342 e. The molecule has 1 aromatic heterocycles. The van der Waals surface area contributed by atoms with Gasteiger partial charge in [-0.1, -0.05) is 0 Å². The summed E-state index contributed by atoms with van der Waals surface area (Å²) in [5.41, 5.74) is 7.52. The van der Waals surface area contributed by atoms with Crippen LogP contribution in [0.5, 0.6) is 0 Å². The van der Waals surface area contributed by atoms with Crippen molar-refractivity contribution < 1.29 is 9.59 Å². The summed E-state index contributed by atoms with van der Waals surface area (Å²) in [6.07, 6.45) is 9.34. The van der Waals surface area contributed by atoms with Gasteiger partial charge in [-0.15, -0.1) is 0 Å². The monoisotopic (exact) mass is 371 g/mol. The van der Waals surface area contributed by atoms with Gasteiger partial charge in [0.25, 0.3) is 0 Å². The molecular weight excluding hydrogens is 342 g/mol. The second kappa shape index (κ2) is 8.35. The van der Waals surface area contributed by atoms with Crippen molar-refractivity contribution in [1.82, 2.24) is 25.6 Å². The summed E-state index contributed by atoms with van der Waals surface area (Å²) in [5.74, 6) is 0.537. The van der Waals surface area contributed by atoms with Crippen LogP contribution >= 0.6 is 0 Å². The Balaban J connectivity index is 1.27. The Morgan fingerprint density at radius 3 is 2.26 bits per heavy atom. The Hall–Kier alpha value is -1.99. The van der Waals surface area contributed by atoms with Crippen LogP contribution in [-0.4, -0.2) is 58.8 Å². The van der Waals surface area contributed by atoms with E-state index in [-0.39, 0.29) is 23.9 Å². The van der Waals surface area contributed by atoms with Crippen LogP contribution in [0.25, 0.3) is 0 Å². The molecule has 4 heterocycles. The fourth-order valence-corrected chi connectivity index (χ4v) is 4.47. The number of likely N-dealkylation sites (tertiary alicyclic amines) is 2. The van der Waals surface area contributed by atoms with E-state index in [4.69, 9.17) is 0 Å². The first-order valence-corrected chi connectivity index (χ1v) is 10.2. The zero-order valence-corrected chi connectivity index (χ0v) is 15.8. The molecule has 2 amide bonds. The predicted molar refractivity (Wildman–Crippen MR) is 101 cm³/mol. The minimum atomic E-state index is -0.211. The SMILES string of the molecule is O=C(C1CCN(C(=O)C2CC(c3ccncc3)NN2)CC1)N1CCCCC1. The molecule has 3 fully saturated rings. The maximum atomic E-state index is 12.9. The molecule has 1 aromatic rings. The molecule has 2 atom stereocenters. The van der Waals surface area contributed by atoms with Gasteiger partial charge in [0.05, 0.1) is 0 Å². The van der Waals surface area contributed by atoms with Crippen molar-refractivity contribution in [1.29, 1.82) is 0 Å². The molecule has 0 spiro atoms. The van der Waals surface area contributed by atoms with E-state index in [2.05, 4.69) is 15.8 Å². The lowest BCUT2D eigenvalue weighted by Crippen LogP contribution is -2.50. The molecule has 0 radical (unpaired) electrons. The number of carbonyl (C=O) groups is 2. The number of carbonyl (C=O) groups excluding carboxylic acids is 2. The molecule has 0 aromatic carbocycles. The molecule has 0 saturated carbocycles. The van der Waals surface area contributed by atoms with Gasteiger partial charge in [-0.25, -0.2) is 10.9 Å². The Labute approximate surface area is 160 Å². The quantitative estimate of drug-likeness (QED) is 0.836. The van der Waals surface area contributed by atoms with Crippen molar-refractivity contribution in [3.8, 4) is 0 Å².